The molecule has 0 spiro atoms. The zero-order chi connectivity index (χ0) is 10.1. The summed E-state index contributed by atoms with van der Waals surface area (Å²) in [6.45, 7) is 9.20. The number of carbonyl (C=O) groups is 1. The van der Waals surface area contributed by atoms with E-state index >= 15 is 0 Å². The van der Waals surface area contributed by atoms with Gasteiger partial charge in [-0.1, -0.05) is 6.42 Å². The van der Waals surface area contributed by atoms with E-state index in [4.69, 9.17) is 0 Å². The molecule has 1 aliphatic carbocycles. The van der Waals surface area contributed by atoms with E-state index in [9.17, 15) is 4.79 Å². The van der Waals surface area contributed by atoms with Gasteiger partial charge in [0, 0.05) is 18.0 Å². The van der Waals surface area contributed by atoms with Crippen LogP contribution in [-0.4, -0.2) is 22.9 Å². The lowest BCUT2D eigenvalue weighted by Gasteiger charge is -2.39. The maximum atomic E-state index is 11.9. The van der Waals surface area contributed by atoms with Gasteiger partial charge in [-0.25, -0.2) is 0 Å². The summed E-state index contributed by atoms with van der Waals surface area (Å²) in [6.07, 6.45) is 3.44. The molecule has 2 heteroatoms. The van der Waals surface area contributed by atoms with Gasteiger partial charge in [-0.2, -0.15) is 0 Å². The second kappa shape index (κ2) is 3.69. The molecule has 0 saturated heterocycles. The first-order chi connectivity index (χ1) is 5.96. The van der Waals surface area contributed by atoms with E-state index in [2.05, 4.69) is 27.7 Å². The van der Waals surface area contributed by atoms with E-state index in [1.807, 2.05) is 4.90 Å². The maximum Gasteiger partial charge on any atom is 0.226 e. The summed E-state index contributed by atoms with van der Waals surface area (Å²) >= 11 is 0. The molecule has 2 nitrogen and oxygen atoms in total. The molecule has 1 rings (SSSR count). The predicted molar refractivity (Wildman–Crippen MR) is 54.5 cm³/mol. The van der Waals surface area contributed by atoms with Crippen LogP contribution in [0, 0.1) is 5.92 Å². The van der Waals surface area contributed by atoms with Crippen molar-refractivity contribution in [2.45, 2.75) is 52.5 Å². The molecule has 0 N–H and O–H groups in total. The SMILES string of the molecule is CCN(C(=O)C1CCC1)C(C)(C)C. The minimum Gasteiger partial charge on any atom is -0.338 e. The van der Waals surface area contributed by atoms with Crippen LogP contribution in [0.15, 0.2) is 0 Å². The predicted octanol–water partition coefficient (Wildman–Crippen LogP) is 2.43. The monoisotopic (exact) mass is 183 g/mol. The van der Waals surface area contributed by atoms with Crippen LogP contribution in [0.4, 0.5) is 0 Å². The first kappa shape index (κ1) is 10.6. The van der Waals surface area contributed by atoms with Crippen LogP contribution in [0.25, 0.3) is 0 Å². The van der Waals surface area contributed by atoms with Crippen molar-refractivity contribution in [2.24, 2.45) is 5.92 Å². The van der Waals surface area contributed by atoms with Crippen LogP contribution < -0.4 is 0 Å². The zero-order valence-electron chi connectivity index (χ0n) is 9.26. The molecule has 1 aliphatic rings. The first-order valence-electron chi connectivity index (χ1n) is 5.28. The van der Waals surface area contributed by atoms with Crippen molar-refractivity contribution in [3.63, 3.8) is 0 Å². The van der Waals surface area contributed by atoms with Gasteiger partial charge in [-0.15, -0.1) is 0 Å². The average Bonchev–Trinajstić information content (AvgIpc) is 1.80. The standard InChI is InChI=1S/C11H21NO/c1-5-12(11(2,3)4)10(13)9-7-6-8-9/h9H,5-8H2,1-4H3. The largest absolute Gasteiger partial charge is 0.338 e. The minimum atomic E-state index is -0.0125. The molecular weight excluding hydrogens is 162 g/mol. The highest BCUT2D eigenvalue weighted by Gasteiger charge is 2.33. The summed E-state index contributed by atoms with van der Waals surface area (Å²) in [4.78, 5) is 13.9. The summed E-state index contributed by atoms with van der Waals surface area (Å²) in [5.74, 6) is 0.695. The number of nitrogens with zero attached hydrogens (tertiary/aromatic N) is 1. The normalized spacial score (nSPS) is 18.2. The molecule has 1 saturated carbocycles. The third kappa shape index (κ3) is 2.23. The summed E-state index contributed by atoms with van der Waals surface area (Å²) < 4.78 is 0. The van der Waals surface area contributed by atoms with Gasteiger partial charge in [0.05, 0.1) is 0 Å². The highest BCUT2D eigenvalue weighted by Crippen LogP contribution is 2.30. The zero-order valence-corrected chi connectivity index (χ0v) is 9.26. The van der Waals surface area contributed by atoms with Gasteiger partial charge in [-0.3, -0.25) is 4.79 Å². The minimum absolute atomic E-state index is 0.0125. The third-order valence-electron chi connectivity index (χ3n) is 2.85. The van der Waals surface area contributed by atoms with Crippen molar-refractivity contribution >= 4 is 5.91 Å². The lowest BCUT2D eigenvalue weighted by molar-refractivity contribution is -0.142. The molecular formula is C11H21NO. The Hall–Kier alpha value is -0.530. The van der Waals surface area contributed by atoms with E-state index in [0.717, 1.165) is 19.4 Å². The van der Waals surface area contributed by atoms with Crippen molar-refractivity contribution in [1.82, 2.24) is 4.90 Å². The van der Waals surface area contributed by atoms with E-state index in [1.165, 1.54) is 6.42 Å². The van der Waals surface area contributed by atoms with Crippen LogP contribution >= 0.6 is 0 Å². The number of rotatable bonds is 2. The quantitative estimate of drug-likeness (QED) is 0.644. The molecule has 76 valence electrons. The third-order valence-corrected chi connectivity index (χ3v) is 2.85. The molecule has 1 amide bonds. The van der Waals surface area contributed by atoms with Crippen molar-refractivity contribution in [2.75, 3.05) is 6.54 Å². The maximum absolute atomic E-state index is 11.9. The molecule has 0 atom stereocenters. The smallest absolute Gasteiger partial charge is 0.226 e. The summed E-state index contributed by atoms with van der Waals surface area (Å²) in [7, 11) is 0. The van der Waals surface area contributed by atoms with Crippen LogP contribution in [0.5, 0.6) is 0 Å². The van der Waals surface area contributed by atoms with Crippen LogP contribution in [0.1, 0.15) is 47.0 Å². The van der Waals surface area contributed by atoms with Crippen molar-refractivity contribution in [3.05, 3.63) is 0 Å². The molecule has 0 aromatic carbocycles. The molecule has 0 heterocycles. The van der Waals surface area contributed by atoms with E-state index in [0.29, 0.717) is 11.8 Å². The topological polar surface area (TPSA) is 20.3 Å². The highest BCUT2D eigenvalue weighted by molar-refractivity contribution is 5.80. The Morgan fingerprint density at radius 1 is 1.38 bits per heavy atom. The number of hydrogen-bond donors (Lipinski definition) is 0. The van der Waals surface area contributed by atoms with Gasteiger partial charge in [0.15, 0.2) is 0 Å². The molecule has 0 unspecified atom stereocenters. The molecule has 1 fully saturated rings. The van der Waals surface area contributed by atoms with Gasteiger partial charge in [0.1, 0.15) is 0 Å². The molecule has 0 radical (unpaired) electrons. The fraction of sp³-hybridized carbons (Fsp3) is 0.909. The van der Waals surface area contributed by atoms with Crippen LogP contribution in [0.2, 0.25) is 0 Å². The Morgan fingerprint density at radius 2 is 1.92 bits per heavy atom. The molecule has 0 aliphatic heterocycles. The second-order valence-corrected chi connectivity index (χ2v) is 4.88. The van der Waals surface area contributed by atoms with Crippen LogP contribution in [-0.2, 0) is 4.79 Å². The Bertz CT molecular complexity index is 189. The van der Waals surface area contributed by atoms with Gasteiger partial charge < -0.3 is 4.90 Å². The summed E-state index contributed by atoms with van der Waals surface area (Å²) in [6, 6.07) is 0. The van der Waals surface area contributed by atoms with E-state index < -0.39 is 0 Å². The molecule has 13 heavy (non-hydrogen) atoms. The Balaban J connectivity index is 2.60. The second-order valence-electron chi connectivity index (χ2n) is 4.88. The van der Waals surface area contributed by atoms with Crippen molar-refractivity contribution in [1.29, 1.82) is 0 Å². The Labute approximate surface area is 81.3 Å². The van der Waals surface area contributed by atoms with Gasteiger partial charge >= 0.3 is 0 Å². The Kier molecular flexibility index (Phi) is 2.99. The molecule has 0 aromatic rings. The number of amides is 1. The van der Waals surface area contributed by atoms with E-state index in [-0.39, 0.29) is 5.54 Å². The van der Waals surface area contributed by atoms with Crippen molar-refractivity contribution < 1.29 is 4.79 Å². The fourth-order valence-electron chi connectivity index (χ4n) is 1.84. The highest BCUT2D eigenvalue weighted by atomic mass is 16.2. The van der Waals surface area contributed by atoms with Crippen molar-refractivity contribution in [3.8, 4) is 0 Å². The van der Waals surface area contributed by atoms with Gasteiger partial charge in [0.2, 0.25) is 5.91 Å². The average molecular weight is 183 g/mol. The number of carbonyl (C=O) groups excluding carboxylic acids is 1. The lowest BCUT2D eigenvalue weighted by Crippen LogP contribution is -2.49. The molecule has 0 bridgehead atoms. The summed E-state index contributed by atoms with van der Waals surface area (Å²) in [5, 5.41) is 0. The lowest BCUT2D eigenvalue weighted by atomic mass is 9.83. The first-order valence-corrected chi connectivity index (χ1v) is 5.28. The van der Waals surface area contributed by atoms with Crippen LogP contribution in [0.3, 0.4) is 0 Å². The molecule has 0 aromatic heterocycles. The van der Waals surface area contributed by atoms with Gasteiger partial charge in [0.25, 0.3) is 0 Å². The fourth-order valence-corrected chi connectivity index (χ4v) is 1.84. The Morgan fingerprint density at radius 3 is 2.15 bits per heavy atom. The van der Waals surface area contributed by atoms with Gasteiger partial charge in [-0.05, 0) is 40.5 Å². The van der Waals surface area contributed by atoms with E-state index in [1.54, 1.807) is 0 Å². The number of hydrogen-bond acceptors (Lipinski definition) is 1. The summed E-state index contributed by atoms with van der Waals surface area (Å²) in [5.41, 5.74) is -0.0125.